The molecule has 4 aromatic rings. The molecule has 0 saturated carbocycles. The van der Waals surface area contributed by atoms with Crippen LogP contribution in [0.1, 0.15) is 10.5 Å². The van der Waals surface area contributed by atoms with Gasteiger partial charge in [-0.05, 0) is 51.3 Å². The molecule has 0 atom stereocenters. The Balaban J connectivity index is 1.76. The molecule has 2 aromatic heterocycles. The van der Waals surface area contributed by atoms with Crippen LogP contribution in [0.25, 0.3) is 22.0 Å². The van der Waals surface area contributed by atoms with Crippen molar-refractivity contribution in [2.45, 2.75) is 0 Å². The number of anilines is 1. The van der Waals surface area contributed by atoms with E-state index in [0.717, 1.165) is 22.0 Å². The first-order valence-electron chi connectivity index (χ1n) is 7.67. The van der Waals surface area contributed by atoms with Crippen molar-refractivity contribution in [3.05, 3.63) is 77.2 Å². The molecule has 0 radical (unpaired) electrons. The number of aromatic amines is 1. The van der Waals surface area contributed by atoms with E-state index in [2.05, 4.69) is 36.4 Å². The fourth-order valence-corrected chi connectivity index (χ4v) is 3.02. The number of benzene rings is 2. The summed E-state index contributed by atoms with van der Waals surface area (Å²) in [5.74, 6) is -0.269. The fraction of sp³-hybridized carbons (Fsp3) is 0. The van der Waals surface area contributed by atoms with Gasteiger partial charge in [-0.3, -0.25) is 9.89 Å². The van der Waals surface area contributed by atoms with Crippen LogP contribution in [0.5, 0.6) is 0 Å². The minimum Gasteiger partial charge on any atom is -0.320 e. The SMILES string of the molecule is O=C(Nc1cc(-c2ccccc2)cc2[nH]ncc12)c1cccc(Br)n1. The Labute approximate surface area is 152 Å². The van der Waals surface area contributed by atoms with Crippen molar-refractivity contribution in [2.75, 3.05) is 5.32 Å². The van der Waals surface area contributed by atoms with Gasteiger partial charge in [0.2, 0.25) is 0 Å². The minimum absolute atomic E-state index is 0.269. The van der Waals surface area contributed by atoms with Crippen molar-refractivity contribution in [3.8, 4) is 11.1 Å². The van der Waals surface area contributed by atoms with E-state index in [-0.39, 0.29) is 5.91 Å². The highest BCUT2D eigenvalue weighted by Crippen LogP contribution is 2.30. The van der Waals surface area contributed by atoms with Gasteiger partial charge in [-0.15, -0.1) is 0 Å². The highest BCUT2D eigenvalue weighted by molar-refractivity contribution is 9.10. The molecule has 2 N–H and O–H groups in total. The highest BCUT2D eigenvalue weighted by atomic mass is 79.9. The summed E-state index contributed by atoms with van der Waals surface area (Å²) >= 11 is 3.29. The molecular formula is C19H13BrN4O. The molecule has 25 heavy (non-hydrogen) atoms. The van der Waals surface area contributed by atoms with Crippen molar-refractivity contribution in [1.29, 1.82) is 0 Å². The number of amides is 1. The zero-order chi connectivity index (χ0) is 17.2. The van der Waals surface area contributed by atoms with Gasteiger partial charge in [0, 0.05) is 5.39 Å². The lowest BCUT2D eigenvalue weighted by Gasteiger charge is -2.09. The van der Waals surface area contributed by atoms with Crippen molar-refractivity contribution in [1.82, 2.24) is 15.2 Å². The van der Waals surface area contributed by atoms with Crippen LogP contribution in [0.15, 0.2) is 71.5 Å². The van der Waals surface area contributed by atoms with Crippen LogP contribution in [-0.4, -0.2) is 21.1 Å². The topological polar surface area (TPSA) is 70.7 Å². The smallest absolute Gasteiger partial charge is 0.274 e. The lowest BCUT2D eigenvalue weighted by atomic mass is 10.0. The van der Waals surface area contributed by atoms with E-state index in [9.17, 15) is 4.79 Å². The summed E-state index contributed by atoms with van der Waals surface area (Å²) in [6.45, 7) is 0. The predicted octanol–water partition coefficient (Wildman–Crippen LogP) is 4.64. The standard InChI is InChI=1S/C19H13BrN4O/c20-18-8-4-7-15(22-18)19(25)23-16-9-13(12-5-2-1-3-6-12)10-17-14(16)11-21-24-17/h1-11H,(H,21,24)(H,23,25). The van der Waals surface area contributed by atoms with Crippen molar-refractivity contribution in [3.63, 3.8) is 0 Å². The molecule has 0 spiro atoms. The fourth-order valence-electron chi connectivity index (χ4n) is 2.67. The van der Waals surface area contributed by atoms with Crippen LogP contribution in [0.2, 0.25) is 0 Å². The van der Waals surface area contributed by atoms with Gasteiger partial charge in [0.25, 0.3) is 5.91 Å². The molecule has 2 aromatic carbocycles. The number of halogens is 1. The molecule has 122 valence electrons. The van der Waals surface area contributed by atoms with Crippen LogP contribution in [0.3, 0.4) is 0 Å². The summed E-state index contributed by atoms with van der Waals surface area (Å²) in [6, 6.07) is 19.2. The third-order valence-electron chi connectivity index (χ3n) is 3.86. The third-order valence-corrected chi connectivity index (χ3v) is 4.30. The van der Waals surface area contributed by atoms with Crippen molar-refractivity contribution >= 4 is 38.4 Å². The number of H-pyrrole nitrogens is 1. The Hall–Kier alpha value is -2.99. The second-order valence-electron chi connectivity index (χ2n) is 5.52. The Bertz CT molecular complexity index is 1060. The number of hydrogen-bond donors (Lipinski definition) is 2. The Morgan fingerprint density at radius 3 is 2.64 bits per heavy atom. The van der Waals surface area contributed by atoms with Gasteiger partial charge in [-0.1, -0.05) is 36.4 Å². The van der Waals surface area contributed by atoms with Gasteiger partial charge in [0.05, 0.1) is 17.4 Å². The molecule has 2 heterocycles. The zero-order valence-corrected chi connectivity index (χ0v) is 14.6. The summed E-state index contributed by atoms with van der Waals surface area (Å²) in [5.41, 5.74) is 3.96. The number of fused-ring (bicyclic) bond motifs is 1. The first-order valence-corrected chi connectivity index (χ1v) is 8.46. The molecule has 0 aliphatic rings. The van der Waals surface area contributed by atoms with Crippen molar-refractivity contribution < 1.29 is 4.79 Å². The summed E-state index contributed by atoms with van der Waals surface area (Å²) < 4.78 is 0.617. The normalized spacial score (nSPS) is 10.8. The lowest BCUT2D eigenvalue weighted by molar-refractivity contribution is 0.102. The van der Waals surface area contributed by atoms with Gasteiger partial charge in [-0.2, -0.15) is 5.10 Å². The maximum Gasteiger partial charge on any atom is 0.274 e. The molecule has 4 rings (SSSR count). The van der Waals surface area contributed by atoms with E-state index in [1.165, 1.54) is 0 Å². The molecular weight excluding hydrogens is 380 g/mol. The van der Waals surface area contributed by atoms with E-state index < -0.39 is 0 Å². The minimum atomic E-state index is -0.269. The summed E-state index contributed by atoms with van der Waals surface area (Å²) in [6.07, 6.45) is 1.70. The van der Waals surface area contributed by atoms with E-state index in [0.29, 0.717) is 16.0 Å². The van der Waals surface area contributed by atoms with Crippen LogP contribution in [0.4, 0.5) is 5.69 Å². The maximum atomic E-state index is 12.6. The van der Waals surface area contributed by atoms with Gasteiger partial charge >= 0.3 is 0 Å². The van der Waals surface area contributed by atoms with Gasteiger partial charge in [0.1, 0.15) is 10.3 Å². The number of nitrogens with one attached hydrogen (secondary N) is 2. The predicted molar refractivity (Wildman–Crippen MR) is 101 cm³/mol. The summed E-state index contributed by atoms with van der Waals surface area (Å²) in [4.78, 5) is 16.8. The Morgan fingerprint density at radius 1 is 1.00 bits per heavy atom. The Kier molecular flexibility index (Phi) is 4.03. The van der Waals surface area contributed by atoms with Gasteiger partial charge in [-0.25, -0.2) is 4.98 Å². The van der Waals surface area contributed by atoms with E-state index in [1.807, 2.05) is 42.5 Å². The molecule has 0 fully saturated rings. The first-order chi connectivity index (χ1) is 12.2. The second kappa shape index (κ2) is 6.49. The zero-order valence-electron chi connectivity index (χ0n) is 13.0. The van der Waals surface area contributed by atoms with E-state index >= 15 is 0 Å². The average molecular weight is 393 g/mol. The largest absolute Gasteiger partial charge is 0.320 e. The number of carbonyl (C=O) groups is 1. The van der Waals surface area contributed by atoms with E-state index in [4.69, 9.17) is 0 Å². The summed E-state index contributed by atoms with van der Waals surface area (Å²) in [7, 11) is 0. The molecule has 0 unspecified atom stereocenters. The van der Waals surface area contributed by atoms with Crippen LogP contribution >= 0.6 is 15.9 Å². The molecule has 5 nitrogen and oxygen atoms in total. The molecule has 0 aliphatic carbocycles. The van der Waals surface area contributed by atoms with Gasteiger partial charge in [0.15, 0.2) is 0 Å². The number of nitrogens with zero attached hydrogens (tertiary/aromatic N) is 2. The summed E-state index contributed by atoms with van der Waals surface area (Å²) in [5, 5.41) is 10.9. The van der Waals surface area contributed by atoms with E-state index in [1.54, 1.807) is 24.4 Å². The molecule has 0 bridgehead atoms. The molecule has 6 heteroatoms. The second-order valence-corrected chi connectivity index (χ2v) is 6.33. The average Bonchev–Trinajstić information content (AvgIpc) is 3.11. The van der Waals surface area contributed by atoms with Crippen LogP contribution < -0.4 is 5.32 Å². The number of aromatic nitrogens is 3. The quantitative estimate of drug-likeness (QED) is 0.498. The number of rotatable bonds is 3. The number of hydrogen-bond acceptors (Lipinski definition) is 3. The molecule has 1 amide bonds. The number of pyridine rings is 1. The molecule has 0 saturated heterocycles. The monoisotopic (exact) mass is 392 g/mol. The first kappa shape index (κ1) is 15.5. The van der Waals surface area contributed by atoms with Crippen LogP contribution in [-0.2, 0) is 0 Å². The third kappa shape index (κ3) is 3.16. The van der Waals surface area contributed by atoms with Crippen LogP contribution in [0, 0.1) is 0 Å². The number of carbonyl (C=O) groups excluding carboxylic acids is 1. The Morgan fingerprint density at radius 2 is 1.84 bits per heavy atom. The maximum absolute atomic E-state index is 12.6. The lowest BCUT2D eigenvalue weighted by Crippen LogP contribution is -2.13. The van der Waals surface area contributed by atoms with Gasteiger partial charge < -0.3 is 5.32 Å². The van der Waals surface area contributed by atoms with Crippen molar-refractivity contribution in [2.24, 2.45) is 0 Å². The highest BCUT2D eigenvalue weighted by Gasteiger charge is 2.13. The molecule has 0 aliphatic heterocycles.